The van der Waals surface area contributed by atoms with Gasteiger partial charge in [-0.25, -0.2) is 9.98 Å². The lowest BCUT2D eigenvalue weighted by atomic mass is 10.2. The summed E-state index contributed by atoms with van der Waals surface area (Å²) >= 11 is 0. The average molecular weight is 267 g/mol. The summed E-state index contributed by atoms with van der Waals surface area (Å²) < 4.78 is 5.57. The number of aliphatic imine (C=N–C) groups is 3. The zero-order valence-corrected chi connectivity index (χ0v) is 12.4. The molecule has 1 rings (SSSR count). The van der Waals surface area contributed by atoms with E-state index in [0.29, 0.717) is 5.96 Å². The van der Waals surface area contributed by atoms with Crippen LogP contribution in [0.4, 0.5) is 0 Å². The van der Waals surface area contributed by atoms with Gasteiger partial charge in [0.2, 0.25) is 5.96 Å². The first-order chi connectivity index (χ1) is 9.12. The molecule has 0 radical (unpaired) electrons. The van der Waals surface area contributed by atoms with E-state index in [4.69, 9.17) is 4.74 Å². The Labute approximate surface area is 115 Å². The first-order valence-electron chi connectivity index (χ1n) is 6.69. The number of hydrogen-bond acceptors (Lipinski definition) is 4. The molecular weight excluding hydrogens is 242 g/mol. The highest BCUT2D eigenvalue weighted by Gasteiger charge is 2.26. The van der Waals surface area contributed by atoms with Crippen LogP contribution in [0.2, 0.25) is 0 Å². The highest BCUT2D eigenvalue weighted by molar-refractivity contribution is 5.91. The van der Waals surface area contributed by atoms with Crippen LogP contribution in [0.25, 0.3) is 0 Å². The standard InChI is InChI=1S/C13H25N5O/c1-6-16-13(15-5)17-12(11(3)14-4)18-7-8-19-10(2)9-18/h10,12H,5-9H2,1-4H3,(H,16,17)/b14-11+/t10-,12?/m0/s1. The predicted octanol–water partition coefficient (Wildman–Crippen LogP) is 0.790. The summed E-state index contributed by atoms with van der Waals surface area (Å²) in [4.78, 5) is 15.1. The molecule has 0 saturated carbocycles. The number of nitrogens with zero attached hydrogens (tertiary/aromatic N) is 4. The summed E-state index contributed by atoms with van der Waals surface area (Å²) in [6.07, 6.45) is 0.117. The number of ether oxygens (including phenoxy) is 1. The molecule has 6 nitrogen and oxygen atoms in total. The molecule has 1 heterocycles. The molecule has 1 unspecified atom stereocenters. The Hall–Kier alpha value is -1.27. The molecular formula is C13H25N5O. The van der Waals surface area contributed by atoms with Gasteiger partial charge in [0.25, 0.3) is 0 Å². The van der Waals surface area contributed by atoms with Crippen LogP contribution in [0.5, 0.6) is 0 Å². The lowest BCUT2D eigenvalue weighted by molar-refractivity contribution is -0.0240. The molecule has 0 amide bonds. The molecule has 0 aromatic carbocycles. The highest BCUT2D eigenvalue weighted by Crippen LogP contribution is 2.11. The minimum Gasteiger partial charge on any atom is -0.376 e. The van der Waals surface area contributed by atoms with E-state index in [1.807, 2.05) is 13.8 Å². The van der Waals surface area contributed by atoms with Gasteiger partial charge in [-0.15, -0.1) is 0 Å². The molecule has 19 heavy (non-hydrogen) atoms. The Balaban J connectivity index is 2.90. The van der Waals surface area contributed by atoms with E-state index in [-0.39, 0.29) is 12.3 Å². The van der Waals surface area contributed by atoms with Crippen LogP contribution in [0, 0.1) is 0 Å². The number of morpholine rings is 1. The fourth-order valence-electron chi connectivity index (χ4n) is 2.04. The van der Waals surface area contributed by atoms with E-state index >= 15 is 0 Å². The van der Waals surface area contributed by atoms with Crippen molar-refractivity contribution in [3.8, 4) is 0 Å². The van der Waals surface area contributed by atoms with Crippen LogP contribution in [0.15, 0.2) is 15.0 Å². The van der Waals surface area contributed by atoms with Crippen molar-refractivity contribution < 1.29 is 4.74 Å². The summed E-state index contributed by atoms with van der Waals surface area (Å²) in [5.41, 5.74) is 0.966. The number of hydrogen-bond donors (Lipinski definition) is 1. The monoisotopic (exact) mass is 267 g/mol. The molecule has 1 saturated heterocycles. The first kappa shape index (κ1) is 15.8. The van der Waals surface area contributed by atoms with E-state index in [1.54, 1.807) is 7.05 Å². The molecule has 0 spiro atoms. The van der Waals surface area contributed by atoms with Crippen LogP contribution >= 0.6 is 0 Å². The average Bonchev–Trinajstić information content (AvgIpc) is 2.42. The van der Waals surface area contributed by atoms with Gasteiger partial charge in [-0.2, -0.15) is 0 Å². The van der Waals surface area contributed by atoms with Gasteiger partial charge in [0.1, 0.15) is 6.17 Å². The minimum absolute atomic E-state index is 0.101. The molecule has 0 aromatic heterocycles. The fourth-order valence-corrected chi connectivity index (χ4v) is 2.04. The lowest BCUT2D eigenvalue weighted by Gasteiger charge is -2.35. The summed E-state index contributed by atoms with van der Waals surface area (Å²) in [6, 6.07) is 0. The van der Waals surface area contributed by atoms with Crippen LogP contribution in [-0.4, -0.2) is 68.8 Å². The van der Waals surface area contributed by atoms with Crippen molar-refractivity contribution in [2.24, 2.45) is 15.0 Å². The molecule has 2 atom stereocenters. The molecule has 1 aliphatic rings. The minimum atomic E-state index is -0.101. The topological polar surface area (TPSA) is 61.6 Å². The third-order valence-corrected chi connectivity index (χ3v) is 3.07. The van der Waals surface area contributed by atoms with Gasteiger partial charge in [0.05, 0.1) is 12.7 Å². The molecule has 0 bridgehead atoms. The summed E-state index contributed by atoms with van der Waals surface area (Å²) in [6.45, 7) is 12.8. The van der Waals surface area contributed by atoms with Crippen molar-refractivity contribution in [2.75, 3.05) is 33.3 Å². The SMILES string of the molecule is C=N/C(=N\C(/C(C)=N/C)N1CCO[C@@H](C)C1)NCC. The van der Waals surface area contributed by atoms with E-state index in [0.717, 1.165) is 32.0 Å². The van der Waals surface area contributed by atoms with Gasteiger partial charge in [-0.3, -0.25) is 9.89 Å². The molecule has 108 valence electrons. The normalized spacial score (nSPS) is 24.1. The van der Waals surface area contributed by atoms with Crippen LogP contribution in [0.3, 0.4) is 0 Å². The molecule has 0 aromatic rings. The van der Waals surface area contributed by atoms with Gasteiger partial charge < -0.3 is 10.1 Å². The van der Waals surface area contributed by atoms with Gasteiger partial charge >= 0.3 is 0 Å². The van der Waals surface area contributed by atoms with Crippen molar-refractivity contribution in [3.05, 3.63) is 0 Å². The van der Waals surface area contributed by atoms with Crippen LogP contribution in [-0.2, 0) is 4.74 Å². The maximum absolute atomic E-state index is 5.57. The third-order valence-electron chi connectivity index (χ3n) is 3.07. The van der Waals surface area contributed by atoms with Gasteiger partial charge in [-0.1, -0.05) is 0 Å². The van der Waals surface area contributed by atoms with E-state index in [1.165, 1.54) is 0 Å². The van der Waals surface area contributed by atoms with E-state index in [9.17, 15) is 0 Å². The lowest BCUT2D eigenvalue weighted by Crippen LogP contribution is -2.49. The molecule has 1 aliphatic heterocycles. The largest absolute Gasteiger partial charge is 0.376 e. The molecule has 1 N–H and O–H groups in total. The van der Waals surface area contributed by atoms with E-state index in [2.05, 4.69) is 38.8 Å². The van der Waals surface area contributed by atoms with Crippen molar-refractivity contribution in [1.82, 2.24) is 10.2 Å². The first-order valence-corrected chi connectivity index (χ1v) is 6.69. The van der Waals surface area contributed by atoms with Crippen molar-refractivity contribution >= 4 is 18.4 Å². The molecule has 6 heteroatoms. The second-order valence-corrected chi connectivity index (χ2v) is 4.56. The number of rotatable bonds is 4. The fraction of sp³-hybridized carbons (Fsp3) is 0.769. The van der Waals surface area contributed by atoms with Gasteiger partial charge in [0.15, 0.2) is 0 Å². The Kier molecular flexibility index (Phi) is 6.66. The van der Waals surface area contributed by atoms with Gasteiger partial charge in [-0.05, 0) is 27.5 Å². The summed E-state index contributed by atoms with van der Waals surface area (Å²) in [5, 5.41) is 3.10. The molecule has 1 fully saturated rings. The Morgan fingerprint density at radius 3 is 2.84 bits per heavy atom. The Morgan fingerprint density at radius 1 is 1.58 bits per heavy atom. The smallest absolute Gasteiger partial charge is 0.219 e. The third kappa shape index (κ3) is 4.72. The number of nitrogens with one attached hydrogen (secondary N) is 1. The highest BCUT2D eigenvalue weighted by atomic mass is 16.5. The Bertz CT molecular complexity index is 353. The predicted molar refractivity (Wildman–Crippen MR) is 80.5 cm³/mol. The second-order valence-electron chi connectivity index (χ2n) is 4.56. The van der Waals surface area contributed by atoms with Crippen molar-refractivity contribution in [3.63, 3.8) is 0 Å². The quantitative estimate of drug-likeness (QED) is 0.605. The van der Waals surface area contributed by atoms with Crippen molar-refractivity contribution in [2.45, 2.75) is 33.0 Å². The summed E-state index contributed by atoms with van der Waals surface area (Å²) in [5.74, 6) is 0.564. The van der Waals surface area contributed by atoms with Crippen LogP contribution in [0.1, 0.15) is 20.8 Å². The molecule has 0 aliphatic carbocycles. The second kappa shape index (κ2) is 8.01. The zero-order chi connectivity index (χ0) is 14.3. The maximum Gasteiger partial charge on any atom is 0.219 e. The van der Waals surface area contributed by atoms with Crippen molar-refractivity contribution in [1.29, 1.82) is 0 Å². The maximum atomic E-state index is 5.57. The summed E-state index contributed by atoms with van der Waals surface area (Å²) in [7, 11) is 1.79. The van der Waals surface area contributed by atoms with E-state index < -0.39 is 0 Å². The Morgan fingerprint density at radius 2 is 2.32 bits per heavy atom. The van der Waals surface area contributed by atoms with Gasteiger partial charge in [0, 0.05) is 32.4 Å². The zero-order valence-electron chi connectivity index (χ0n) is 12.4. The van der Waals surface area contributed by atoms with Crippen LogP contribution < -0.4 is 5.32 Å². The number of guanidine groups is 1.